The van der Waals surface area contributed by atoms with Crippen LogP contribution in [0.5, 0.6) is 0 Å². The molecule has 0 aliphatic carbocycles. The van der Waals surface area contributed by atoms with Crippen LogP contribution in [0.1, 0.15) is 64.7 Å². The van der Waals surface area contributed by atoms with Crippen LogP contribution in [0.2, 0.25) is 0 Å². The van der Waals surface area contributed by atoms with Crippen molar-refractivity contribution in [2.75, 3.05) is 13.1 Å². The average Bonchev–Trinajstić information content (AvgIpc) is 2.84. The molecule has 1 fully saturated rings. The second kappa shape index (κ2) is 9.46. The van der Waals surface area contributed by atoms with Crippen LogP contribution in [0.25, 0.3) is 0 Å². The summed E-state index contributed by atoms with van der Waals surface area (Å²) in [6.07, 6.45) is 10.6. The van der Waals surface area contributed by atoms with Gasteiger partial charge in [-0.2, -0.15) is 0 Å². The van der Waals surface area contributed by atoms with Gasteiger partial charge in [0, 0.05) is 19.0 Å². The topological polar surface area (TPSA) is 41.1 Å². The maximum Gasteiger partial charge on any atom is 0.220 e. The first-order valence-corrected chi connectivity index (χ1v) is 7.33. The van der Waals surface area contributed by atoms with E-state index in [-0.39, 0.29) is 5.91 Å². The molecule has 1 aliphatic heterocycles. The molecule has 2 N–H and O–H groups in total. The highest BCUT2D eigenvalue weighted by Gasteiger charge is 2.14. The normalized spacial score (nSPS) is 19.5. The van der Waals surface area contributed by atoms with Crippen LogP contribution in [0.4, 0.5) is 0 Å². The summed E-state index contributed by atoms with van der Waals surface area (Å²) < 4.78 is 0. The number of unbranched alkanes of at least 4 members (excludes halogenated alkanes) is 5. The Morgan fingerprint density at radius 1 is 1.24 bits per heavy atom. The molecule has 3 nitrogen and oxygen atoms in total. The molecule has 1 unspecified atom stereocenters. The fourth-order valence-electron chi connectivity index (χ4n) is 2.32. The van der Waals surface area contributed by atoms with Gasteiger partial charge in [-0.1, -0.05) is 39.0 Å². The largest absolute Gasteiger partial charge is 0.355 e. The summed E-state index contributed by atoms with van der Waals surface area (Å²) in [7, 11) is 0. The minimum absolute atomic E-state index is 0.231. The first-order valence-electron chi connectivity index (χ1n) is 7.33. The van der Waals surface area contributed by atoms with E-state index in [9.17, 15) is 4.79 Å². The molecule has 0 spiro atoms. The number of hydrogen-bond donors (Lipinski definition) is 2. The van der Waals surface area contributed by atoms with Crippen molar-refractivity contribution >= 4 is 5.91 Å². The van der Waals surface area contributed by atoms with Gasteiger partial charge in [-0.25, -0.2) is 0 Å². The first-order chi connectivity index (χ1) is 8.33. The maximum absolute atomic E-state index is 11.5. The van der Waals surface area contributed by atoms with E-state index in [1.165, 1.54) is 44.9 Å². The molecule has 100 valence electrons. The van der Waals surface area contributed by atoms with Gasteiger partial charge in [0.2, 0.25) is 5.91 Å². The smallest absolute Gasteiger partial charge is 0.220 e. The van der Waals surface area contributed by atoms with Gasteiger partial charge in [-0.3, -0.25) is 4.79 Å². The second-order valence-electron chi connectivity index (χ2n) is 5.12. The molecular weight excluding hydrogens is 212 g/mol. The van der Waals surface area contributed by atoms with Crippen molar-refractivity contribution in [2.24, 2.45) is 0 Å². The summed E-state index contributed by atoms with van der Waals surface area (Å²) in [4.78, 5) is 11.5. The molecule has 1 rings (SSSR count). The van der Waals surface area contributed by atoms with Crippen LogP contribution in [0, 0.1) is 0 Å². The monoisotopic (exact) mass is 240 g/mol. The highest BCUT2D eigenvalue weighted by atomic mass is 16.1. The van der Waals surface area contributed by atoms with Crippen molar-refractivity contribution in [3.63, 3.8) is 0 Å². The first kappa shape index (κ1) is 14.5. The molecule has 3 heteroatoms. The zero-order chi connectivity index (χ0) is 12.3. The maximum atomic E-state index is 11.5. The van der Waals surface area contributed by atoms with Crippen molar-refractivity contribution in [2.45, 2.75) is 70.8 Å². The Bertz CT molecular complexity index is 200. The summed E-state index contributed by atoms with van der Waals surface area (Å²) in [5, 5.41) is 6.41. The van der Waals surface area contributed by atoms with E-state index >= 15 is 0 Å². The quantitative estimate of drug-likeness (QED) is 0.608. The van der Waals surface area contributed by atoms with E-state index < -0.39 is 0 Å². The second-order valence-corrected chi connectivity index (χ2v) is 5.12. The minimum Gasteiger partial charge on any atom is -0.355 e. The van der Waals surface area contributed by atoms with Crippen molar-refractivity contribution in [1.82, 2.24) is 10.6 Å². The number of nitrogens with one attached hydrogen (secondary N) is 2. The van der Waals surface area contributed by atoms with Crippen molar-refractivity contribution in [1.29, 1.82) is 0 Å². The Kier molecular flexibility index (Phi) is 8.06. The van der Waals surface area contributed by atoms with E-state index in [0.29, 0.717) is 12.5 Å². The number of rotatable bonds is 9. The van der Waals surface area contributed by atoms with Gasteiger partial charge in [-0.15, -0.1) is 0 Å². The number of hydrogen-bond acceptors (Lipinski definition) is 2. The molecule has 17 heavy (non-hydrogen) atoms. The van der Waals surface area contributed by atoms with Gasteiger partial charge >= 0.3 is 0 Å². The zero-order valence-electron chi connectivity index (χ0n) is 11.3. The van der Waals surface area contributed by atoms with E-state index in [2.05, 4.69) is 17.6 Å². The lowest BCUT2D eigenvalue weighted by atomic mass is 10.1. The number of amides is 1. The molecule has 1 saturated heterocycles. The molecule has 0 saturated carbocycles. The Morgan fingerprint density at radius 3 is 2.71 bits per heavy atom. The van der Waals surface area contributed by atoms with E-state index in [0.717, 1.165) is 19.5 Å². The minimum atomic E-state index is 0.231. The third kappa shape index (κ3) is 7.37. The van der Waals surface area contributed by atoms with Crippen molar-refractivity contribution < 1.29 is 4.79 Å². The lowest BCUT2D eigenvalue weighted by Gasteiger charge is -2.11. The summed E-state index contributed by atoms with van der Waals surface area (Å²) in [5.41, 5.74) is 0. The molecular formula is C14H28N2O. The Morgan fingerprint density at radius 2 is 2.00 bits per heavy atom. The van der Waals surface area contributed by atoms with Crippen LogP contribution in [-0.2, 0) is 4.79 Å². The summed E-state index contributed by atoms with van der Waals surface area (Å²) >= 11 is 0. The van der Waals surface area contributed by atoms with Crippen molar-refractivity contribution in [3.05, 3.63) is 0 Å². The molecule has 0 aromatic heterocycles. The van der Waals surface area contributed by atoms with Crippen LogP contribution in [-0.4, -0.2) is 25.0 Å². The van der Waals surface area contributed by atoms with Gasteiger partial charge in [0.05, 0.1) is 0 Å². The molecule has 1 aliphatic rings. The van der Waals surface area contributed by atoms with Crippen LogP contribution in [0.3, 0.4) is 0 Å². The van der Waals surface area contributed by atoms with E-state index in [4.69, 9.17) is 0 Å². The van der Waals surface area contributed by atoms with E-state index in [1.54, 1.807) is 0 Å². The molecule has 0 bridgehead atoms. The number of carbonyl (C=O) groups is 1. The third-order valence-corrected chi connectivity index (χ3v) is 3.47. The predicted molar refractivity (Wildman–Crippen MR) is 72.0 cm³/mol. The van der Waals surface area contributed by atoms with Gasteiger partial charge in [0.15, 0.2) is 0 Å². The summed E-state index contributed by atoms with van der Waals surface area (Å²) in [6, 6.07) is 0.517. The summed E-state index contributed by atoms with van der Waals surface area (Å²) in [6.45, 7) is 4.15. The molecule has 0 aromatic carbocycles. The Labute approximate surface area is 106 Å². The Balaban J connectivity index is 1.87. The fraction of sp³-hybridized carbons (Fsp3) is 0.929. The fourth-order valence-corrected chi connectivity index (χ4v) is 2.32. The summed E-state index contributed by atoms with van der Waals surface area (Å²) in [5.74, 6) is 0.231. The Hall–Kier alpha value is -0.570. The highest BCUT2D eigenvalue weighted by Crippen LogP contribution is 2.07. The predicted octanol–water partition coefficient (Wildman–Crippen LogP) is 2.61. The standard InChI is InChI=1S/C14H28N2O/c1-2-3-4-5-6-7-10-14(17)16-12-13-9-8-11-15-13/h13,15H,2-12H2,1H3,(H,16,17). The lowest BCUT2D eigenvalue weighted by molar-refractivity contribution is -0.121. The zero-order valence-corrected chi connectivity index (χ0v) is 11.3. The van der Waals surface area contributed by atoms with Gasteiger partial charge in [0.1, 0.15) is 0 Å². The highest BCUT2D eigenvalue weighted by molar-refractivity contribution is 5.75. The number of carbonyl (C=O) groups excluding carboxylic acids is 1. The van der Waals surface area contributed by atoms with Crippen molar-refractivity contribution in [3.8, 4) is 0 Å². The van der Waals surface area contributed by atoms with E-state index in [1.807, 2.05) is 0 Å². The third-order valence-electron chi connectivity index (χ3n) is 3.47. The van der Waals surface area contributed by atoms with Crippen LogP contribution < -0.4 is 10.6 Å². The van der Waals surface area contributed by atoms with Gasteiger partial charge in [0.25, 0.3) is 0 Å². The van der Waals surface area contributed by atoms with Crippen LogP contribution >= 0.6 is 0 Å². The molecule has 1 amide bonds. The SMILES string of the molecule is CCCCCCCCC(=O)NCC1CCCN1. The lowest BCUT2D eigenvalue weighted by Crippen LogP contribution is -2.37. The molecule has 0 radical (unpaired) electrons. The average molecular weight is 240 g/mol. The molecule has 1 atom stereocenters. The van der Waals surface area contributed by atoms with Crippen LogP contribution in [0.15, 0.2) is 0 Å². The molecule has 0 aromatic rings. The van der Waals surface area contributed by atoms with Gasteiger partial charge < -0.3 is 10.6 Å². The molecule has 1 heterocycles. The van der Waals surface area contributed by atoms with Gasteiger partial charge in [-0.05, 0) is 25.8 Å².